The lowest BCUT2D eigenvalue weighted by Gasteiger charge is -2.18. The number of anilines is 1. The van der Waals surface area contributed by atoms with Crippen LogP contribution in [0.3, 0.4) is 0 Å². The molecule has 9 nitrogen and oxygen atoms in total. The number of carbonyl (C=O) groups excluding carboxylic acids is 1. The number of ether oxygens (including phenoxy) is 1. The van der Waals surface area contributed by atoms with Crippen LogP contribution in [0.15, 0.2) is 60.8 Å². The first-order valence-corrected chi connectivity index (χ1v) is 12.9. The van der Waals surface area contributed by atoms with E-state index < -0.39 is 23.3 Å². The summed E-state index contributed by atoms with van der Waals surface area (Å²) in [6, 6.07) is 15.4. The molecule has 0 spiro atoms. The number of nitriles is 1. The van der Waals surface area contributed by atoms with E-state index in [1.54, 1.807) is 75.0 Å². The van der Waals surface area contributed by atoms with Crippen molar-refractivity contribution < 1.29 is 22.7 Å². The molecule has 0 atom stereocenters. The number of nitrogens with two attached hydrogens (primary N) is 1. The predicted molar refractivity (Wildman–Crippen MR) is 149 cm³/mol. The number of nitrogen functional groups attached to an aromatic ring is 1. The normalized spacial score (nSPS) is 12.0. The lowest BCUT2D eigenvalue weighted by atomic mass is 9.95. The maximum absolute atomic E-state index is 13.6. The molecule has 0 aliphatic heterocycles. The summed E-state index contributed by atoms with van der Waals surface area (Å²) in [4.78, 5) is 17.0. The first-order chi connectivity index (χ1) is 19.7. The molecular formula is C30H26F3N7O2. The van der Waals surface area contributed by atoms with Crippen LogP contribution in [-0.2, 0) is 22.1 Å². The van der Waals surface area contributed by atoms with E-state index >= 15 is 0 Å². The number of fused-ring (bicyclic) bond motifs is 1. The van der Waals surface area contributed by atoms with Crippen LogP contribution in [0.5, 0.6) is 0 Å². The zero-order chi connectivity index (χ0) is 30.4. The van der Waals surface area contributed by atoms with Crippen LogP contribution >= 0.6 is 0 Å². The summed E-state index contributed by atoms with van der Waals surface area (Å²) in [5.74, 6) is -0.523. The highest BCUT2D eigenvalue weighted by atomic mass is 19.4. The number of benzene rings is 2. The van der Waals surface area contributed by atoms with Crippen LogP contribution in [-0.4, -0.2) is 35.9 Å². The van der Waals surface area contributed by atoms with Gasteiger partial charge < -0.3 is 10.5 Å². The fraction of sp³-hybridized carbons (Fsp3) is 0.233. The second kappa shape index (κ2) is 10.3. The van der Waals surface area contributed by atoms with Crippen LogP contribution in [0.25, 0.3) is 33.7 Å². The van der Waals surface area contributed by atoms with Gasteiger partial charge in [0.2, 0.25) is 5.95 Å². The number of esters is 1. The monoisotopic (exact) mass is 573 g/mol. The number of carbonyl (C=O) groups is 1. The van der Waals surface area contributed by atoms with Crippen molar-refractivity contribution in [2.75, 3.05) is 5.73 Å². The van der Waals surface area contributed by atoms with Crippen molar-refractivity contribution in [2.45, 2.75) is 45.9 Å². The Morgan fingerprint density at radius 2 is 1.79 bits per heavy atom. The van der Waals surface area contributed by atoms with Crippen molar-refractivity contribution >= 4 is 17.6 Å². The number of halogens is 3. The van der Waals surface area contributed by atoms with Crippen molar-refractivity contribution in [1.82, 2.24) is 24.4 Å². The Morgan fingerprint density at radius 3 is 2.43 bits per heavy atom. The molecule has 0 unspecified atom stereocenters. The molecule has 2 aromatic carbocycles. The van der Waals surface area contributed by atoms with Crippen molar-refractivity contribution in [3.05, 3.63) is 83.2 Å². The van der Waals surface area contributed by atoms with Gasteiger partial charge in [-0.05, 0) is 81.3 Å². The number of pyridine rings is 1. The summed E-state index contributed by atoms with van der Waals surface area (Å²) in [5.41, 5.74) is 8.51. The Labute approximate surface area is 239 Å². The van der Waals surface area contributed by atoms with Gasteiger partial charge in [0.15, 0.2) is 5.65 Å². The summed E-state index contributed by atoms with van der Waals surface area (Å²) in [6.07, 6.45) is -3.00. The average Bonchev–Trinajstić information content (AvgIpc) is 3.49. The Hall–Kier alpha value is -5.18. The number of nitrogens with zero attached hydrogens (tertiary/aromatic N) is 6. The quantitative estimate of drug-likeness (QED) is 0.259. The van der Waals surface area contributed by atoms with Crippen LogP contribution < -0.4 is 5.73 Å². The van der Waals surface area contributed by atoms with Gasteiger partial charge >= 0.3 is 12.1 Å². The van der Waals surface area contributed by atoms with E-state index in [4.69, 9.17) is 10.5 Å². The molecule has 0 saturated heterocycles. The van der Waals surface area contributed by atoms with Gasteiger partial charge in [-0.15, -0.1) is 5.10 Å². The first kappa shape index (κ1) is 28.4. The topological polar surface area (TPSA) is 124 Å². The van der Waals surface area contributed by atoms with Crippen LogP contribution in [0.1, 0.15) is 43.2 Å². The molecule has 42 heavy (non-hydrogen) atoms. The zero-order valence-corrected chi connectivity index (χ0v) is 23.2. The van der Waals surface area contributed by atoms with E-state index in [1.807, 2.05) is 0 Å². The van der Waals surface area contributed by atoms with Gasteiger partial charge in [0, 0.05) is 17.3 Å². The van der Waals surface area contributed by atoms with Crippen molar-refractivity contribution in [3.8, 4) is 34.1 Å². The summed E-state index contributed by atoms with van der Waals surface area (Å²) in [6.45, 7) is 7.07. The molecule has 5 rings (SSSR count). The molecule has 0 aliphatic rings. The van der Waals surface area contributed by atoms with E-state index in [9.17, 15) is 23.2 Å². The second-order valence-electron chi connectivity index (χ2n) is 10.7. The summed E-state index contributed by atoms with van der Waals surface area (Å²) in [7, 11) is 0. The van der Waals surface area contributed by atoms with E-state index in [0.29, 0.717) is 39.3 Å². The summed E-state index contributed by atoms with van der Waals surface area (Å²) in [5, 5.41) is 18.2. The van der Waals surface area contributed by atoms with E-state index in [1.165, 1.54) is 10.6 Å². The van der Waals surface area contributed by atoms with Gasteiger partial charge in [-0.2, -0.15) is 28.5 Å². The van der Waals surface area contributed by atoms with Gasteiger partial charge in [0.1, 0.15) is 5.60 Å². The van der Waals surface area contributed by atoms with Gasteiger partial charge in [0.25, 0.3) is 0 Å². The van der Waals surface area contributed by atoms with Gasteiger partial charge in [-0.1, -0.05) is 12.1 Å². The highest BCUT2D eigenvalue weighted by molar-refractivity contribution is 5.87. The molecular weight excluding hydrogens is 547 g/mol. The maximum atomic E-state index is 13.6. The van der Waals surface area contributed by atoms with Crippen LogP contribution in [0.4, 0.5) is 19.1 Å². The minimum absolute atomic E-state index is 0.0500. The molecule has 214 valence electrons. The molecule has 0 radical (unpaired) electrons. The number of aromatic nitrogens is 5. The fourth-order valence-corrected chi connectivity index (χ4v) is 4.68. The highest BCUT2D eigenvalue weighted by Crippen LogP contribution is 2.38. The van der Waals surface area contributed by atoms with Crippen LogP contribution in [0, 0.1) is 18.3 Å². The minimum atomic E-state index is -4.55. The number of alkyl halides is 3. The molecule has 0 bridgehead atoms. The second-order valence-corrected chi connectivity index (χ2v) is 10.7. The SMILES string of the molecule is Cc1c(-c2cc(CC(=O)OC(C)(C)C)nn2-c2ccc(C#N)cc2)cn2nc(N)nc2c1-c1cccc(C(F)(F)F)c1. The number of hydrogen-bond acceptors (Lipinski definition) is 7. The molecule has 0 aliphatic carbocycles. The van der Waals surface area contributed by atoms with E-state index in [0.717, 1.165) is 12.1 Å². The van der Waals surface area contributed by atoms with Crippen LogP contribution in [0.2, 0.25) is 0 Å². The number of hydrogen-bond donors (Lipinski definition) is 1. The molecule has 0 fully saturated rings. The molecule has 3 heterocycles. The Kier molecular flexibility index (Phi) is 6.98. The largest absolute Gasteiger partial charge is 0.460 e. The molecule has 0 amide bonds. The third-order valence-corrected chi connectivity index (χ3v) is 6.40. The Bertz CT molecular complexity index is 1860. The Balaban J connectivity index is 1.74. The van der Waals surface area contributed by atoms with Crippen molar-refractivity contribution in [3.63, 3.8) is 0 Å². The third-order valence-electron chi connectivity index (χ3n) is 6.40. The van der Waals surface area contributed by atoms with E-state index in [-0.39, 0.29) is 23.6 Å². The smallest absolute Gasteiger partial charge is 0.416 e. The van der Waals surface area contributed by atoms with E-state index in [2.05, 4.69) is 21.3 Å². The lowest BCUT2D eigenvalue weighted by molar-refractivity contribution is -0.154. The number of rotatable bonds is 5. The van der Waals surface area contributed by atoms with Crippen molar-refractivity contribution in [1.29, 1.82) is 5.26 Å². The van der Waals surface area contributed by atoms with Gasteiger partial charge in [-0.3, -0.25) is 4.79 Å². The lowest BCUT2D eigenvalue weighted by Crippen LogP contribution is -2.25. The van der Waals surface area contributed by atoms with Gasteiger partial charge in [0.05, 0.1) is 40.7 Å². The standard InChI is InChI=1S/C30H26F3N7O2/c1-17-23(16-39-27(36-28(35)38-39)26(17)19-6-5-7-20(12-19)30(31,32)33)24-13-21(14-25(41)42-29(2,3)4)37-40(24)22-10-8-18(15-34)9-11-22/h5-13,16H,14H2,1-4H3,(H2,35,38). The summed E-state index contributed by atoms with van der Waals surface area (Å²) < 4.78 is 49.4. The molecule has 0 saturated carbocycles. The first-order valence-electron chi connectivity index (χ1n) is 12.9. The molecule has 12 heteroatoms. The molecule has 5 aromatic rings. The van der Waals surface area contributed by atoms with Gasteiger partial charge in [-0.25, -0.2) is 9.20 Å². The third kappa shape index (κ3) is 5.67. The average molecular weight is 574 g/mol. The minimum Gasteiger partial charge on any atom is -0.460 e. The molecule has 3 aromatic heterocycles. The highest BCUT2D eigenvalue weighted by Gasteiger charge is 2.31. The molecule has 2 N–H and O–H groups in total. The van der Waals surface area contributed by atoms with Crippen molar-refractivity contribution in [2.24, 2.45) is 0 Å². The maximum Gasteiger partial charge on any atom is 0.416 e. The predicted octanol–water partition coefficient (Wildman–Crippen LogP) is 5.91. The fourth-order valence-electron chi connectivity index (χ4n) is 4.68. The Morgan fingerprint density at radius 1 is 1.07 bits per heavy atom. The summed E-state index contributed by atoms with van der Waals surface area (Å²) >= 11 is 0. The zero-order valence-electron chi connectivity index (χ0n) is 23.2.